The van der Waals surface area contributed by atoms with E-state index >= 15 is 0 Å². The highest BCUT2D eigenvalue weighted by molar-refractivity contribution is 5.15. The van der Waals surface area contributed by atoms with Crippen molar-refractivity contribution in [2.45, 2.75) is 57.2 Å². The number of nitriles is 1. The molecular weight excluding hydrogens is 230 g/mol. The van der Waals surface area contributed by atoms with Crippen LogP contribution < -0.4 is 0 Å². The molecule has 0 aromatic rings. The number of ether oxygens (including phenoxy) is 2. The molecule has 3 unspecified atom stereocenters. The molecule has 0 aliphatic carbocycles. The van der Waals surface area contributed by atoms with Crippen molar-refractivity contribution in [3.8, 4) is 6.07 Å². The molecule has 0 aromatic carbocycles. The van der Waals surface area contributed by atoms with Gasteiger partial charge in [0.25, 0.3) is 0 Å². The predicted molar refractivity (Wildman–Crippen MR) is 66.9 cm³/mol. The number of nitrogens with zero attached hydrogens (tertiary/aromatic N) is 1. The van der Waals surface area contributed by atoms with Crippen LogP contribution in [0.4, 0.5) is 0 Å². The van der Waals surface area contributed by atoms with Crippen molar-refractivity contribution in [2.24, 2.45) is 5.41 Å². The summed E-state index contributed by atoms with van der Waals surface area (Å²) in [4.78, 5) is 0. The standard InChI is InChI=1S/C14H23NO3/c1-3-12(2)9-14(16,6-8-18-12)13(10-15)5-4-7-17-11-13/h16H,3-9,11H2,1-2H3. The van der Waals surface area contributed by atoms with Crippen LogP contribution in [0.3, 0.4) is 0 Å². The fraction of sp³-hybridized carbons (Fsp3) is 0.929. The van der Waals surface area contributed by atoms with Crippen molar-refractivity contribution in [1.82, 2.24) is 0 Å². The van der Waals surface area contributed by atoms with E-state index in [0.29, 0.717) is 32.7 Å². The van der Waals surface area contributed by atoms with E-state index in [1.54, 1.807) is 0 Å². The molecule has 0 spiro atoms. The molecule has 2 rings (SSSR count). The maximum atomic E-state index is 11.0. The van der Waals surface area contributed by atoms with Gasteiger partial charge in [0, 0.05) is 19.4 Å². The highest BCUT2D eigenvalue weighted by atomic mass is 16.5. The predicted octanol–water partition coefficient (Wildman–Crippen LogP) is 2.02. The minimum Gasteiger partial charge on any atom is -0.388 e. The van der Waals surface area contributed by atoms with Crippen LogP contribution in [0, 0.1) is 16.7 Å². The van der Waals surface area contributed by atoms with Gasteiger partial charge >= 0.3 is 0 Å². The Morgan fingerprint density at radius 1 is 1.33 bits per heavy atom. The molecule has 2 saturated heterocycles. The SMILES string of the molecule is CCC1(C)CC(O)(C2(C#N)CCCOC2)CCO1. The molecule has 1 N–H and O–H groups in total. The molecule has 0 bridgehead atoms. The fourth-order valence-corrected chi connectivity index (χ4v) is 3.21. The third kappa shape index (κ3) is 2.16. The fourth-order valence-electron chi connectivity index (χ4n) is 3.21. The molecule has 18 heavy (non-hydrogen) atoms. The lowest BCUT2D eigenvalue weighted by molar-refractivity contribution is -0.208. The van der Waals surface area contributed by atoms with Crippen LogP contribution in [0.15, 0.2) is 0 Å². The smallest absolute Gasteiger partial charge is 0.109 e. The maximum absolute atomic E-state index is 11.0. The van der Waals surface area contributed by atoms with Gasteiger partial charge in [-0.3, -0.25) is 0 Å². The first-order chi connectivity index (χ1) is 8.49. The molecule has 4 nitrogen and oxygen atoms in total. The second-order valence-electron chi connectivity index (χ2n) is 5.96. The van der Waals surface area contributed by atoms with Crippen molar-refractivity contribution >= 4 is 0 Å². The highest BCUT2D eigenvalue weighted by Crippen LogP contribution is 2.48. The van der Waals surface area contributed by atoms with Crippen LogP contribution in [-0.4, -0.2) is 36.1 Å². The Hall–Kier alpha value is -0.630. The van der Waals surface area contributed by atoms with Crippen molar-refractivity contribution in [1.29, 1.82) is 5.26 Å². The normalized spacial score (nSPS) is 45.4. The first-order valence-electron chi connectivity index (χ1n) is 6.85. The topological polar surface area (TPSA) is 62.5 Å². The zero-order valence-electron chi connectivity index (χ0n) is 11.4. The zero-order chi connectivity index (χ0) is 13.3. The molecule has 2 heterocycles. The lowest BCUT2D eigenvalue weighted by Gasteiger charge is -2.51. The Morgan fingerprint density at radius 2 is 2.11 bits per heavy atom. The number of hydrogen-bond donors (Lipinski definition) is 1. The van der Waals surface area contributed by atoms with Gasteiger partial charge in [0.2, 0.25) is 0 Å². The molecule has 0 amide bonds. The van der Waals surface area contributed by atoms with Gasteiger partial charge < -0.3 is 14.6 Å². The van der Waals surface area contributed by atoms with E-state index < -0.39 is 11.0 Å². The van der Waals surface area contributed by atoms with E-state index in [1.165, 1.54) is 0 Å². The summed E-state index contributed by atoms with van der Waals surface area (Å²) in [5.41, 5.74) is -2.06. The molecule has 102 valence electrons. The summed E-state index contributed by atoms with van der Waals surface area (Å²) in [6.07, 6.45) is 3.46. The second-order valence-corrected chi connectivity index (χ2v) is 5.96. The molecule has 0 radical (unpaired) electrons. The highest BCUT2D eigenvalue weighted by Gasteiger charge is 2.56. The van der Waals surface area contributed by atoms with Crippen LogP contribution in [0.2, 0.25) is 0 Å². The summed E-state index contributed by atoms with van der Waals surface area (Å²) in [6, 6.07) is 2.36. The largest absolute Gasteiger partial charge is 0.388 e. The van der Waals surface area contributed by atoms with Gasteiger partial charge in [-0.2, -0.15) is 5.26 Å². The number of hydrogen-bond acceptors (Lipinski definition) is 4. The summed E-state index contributed by atoms with van der Waals surface area (Å²) >= 11 is 0. The van der Waals surface area contributed by atoms with Crippen molar-refractivity contribution in [3.63, 3.8) is 0 Å². The Labute approximate surface area is 109 Å². The minimum atomic E-state index is -0.981. The van der Waals surface area contributed by atoms with Gasteiger partial charge in [-0.05, 0) is 26.2 Å². The Kier molecular flexibility index (Phi) is 3.68. The van der Waals surface area contributed by atoms with E-state index in [-0.39, 0.29) is 5.60 Å². The summed E-state index contributed by atoms with van der Waals surface area (Å²) in [6.45, 7) is 5.64. The summed E-state index contributed by atoms with van der Waals surface area (Å²) in [5.74, 6) is 0. The Bertz CT molecular complexity index is 345. The molecule has 4 heteroatoms. The van der Waals surface area contributed by atoms with Gasteiger partial charge in [-0.15, -0.1) is 0 Å². The molecule has 2 aliphatic heterocycles. The first kappa shape index (κ1) is 13.8. The third-order valence-electron chi connectivity index (χ3n) is 4.73. The Balaban J connectivity index is 2.26. The molecule has 0 saturated carbocycles. The van der Waals surface area contributed by atoms with Crippen LogP contribution >= 0.6 is 0 Å². The van der Waals surface area contributed by atoms with E-state index in [1.807, 2.05) is 6.92 Å². The van der Waals surface area contributed by atoms with E-state index in [9.17, 15) is 10.4 Å². The zero-order valence-corrected chi connectivity index (χ0v) is 11.4. The molecule has 2 fully saturated rings. The summed E-state index contributed by atoms with van der Waals surface area (Å²) < 4.78 is 11.3. The first-order valence-corrected chi connectivity index (χ1v) is 6.85. The molecule has 2 aliphatic rings. The average Bonchev–Trinajstić information content (AvgIpc) is 2.39. The van der Waals surface area contributed by atoms with Gasteiger partial charge in [-0.1, -0.05) is 6.92 Å². The van der Waals surface area contributed by atoms with Gasteiger partial charge in [-0.25, -0.2) is 0 Å². The number of aliphatic hydroxyl groups is 1. The number of rotatable bonds is 2. The van der Waals surface area contributed by atoms with Crippen molar-refractivity contribution in [3.05, 3.63) is 0 Å². The van der Waals surface area contributed by atoms with Gasteiger partial charge in [0.05, 0.1) is 30.5 Å². The molecular formula is C14H23NO3. The van der Waals surface area contributed by atoms with Crippen molar-refractivity contribution < 1.29 is 14.6 Å². The van der Waals surface area contributed by atoms with Gasteiger partial charge in [0.15, 0.2) is 0 Å². The van der Waals surface area contributed by atoms with Crippen LogP contribution in [0.25, 0.3) is 0 Å². The average molecular weight is 253 g/mol. The molecule has 0 aromatic heterocycles. The minimum absolute atomic E-state index is 0.325. The summed E-state index contributed by atoms with van der Waals surface area (Å²) in [5, 5.41) is 20.6. The van der Waals surface area contributed by atoms with E-state index in [4.69, 9.17) is 9.47 Å². The van der Waals surface area contributed by atoms with Crippen LogP contribution in [-0.2, 0) is 9.47 Å². The monoisotopic (exact) mass is 253 g/mol. The van der Waals surface area contributed by atoms with Crippen molar-refractivity contribution in [2.75, 3.05) is 19.8 Å². The van der Waals surface area contributed by atoms with E-state index in [2.05, 4.69) is 13.0 Å². The maximum Gasteiger partial charge on any atom is 0.109 e. The van der Waals surface area contributed by atoms with Crippen LogP contribution in [0.1, 0.15) is 46.0 Å². The van der Waals surface area contributed by atoms with E-state index in [0.717, 1.165) is 19.3 Å². The van der Waals surface area contributed by atoms with Crippen LogP contribution in [0.5, 0.6) is 0 Å². The summed E-state index contributed by atoms with van der Waals surface area (Å²) in [7, 11) is 0. The van der Waals surface area contributed by atoms with Gasteiger partial charge in [0.1, 0.15) is 5.41 Å². The Morgan fingerprint density at radius 3 is 2.67 bits per heavy atom. The lowest BCUT2D eigenvalue weighted by atomic mass is 9.63. The molecule has 3 atom stereocenters. The second kappa shape index (κ2) is 4.80. The lowest BCUT2D eigenvalue weighted by Crippen LogP contribution is -2.59. The third-order valence-corrected chi connectivity index (χ3v) is 4.73. The quantitative estimate of drug-likeness (QED) is 0.817.